The molecule has 1 saturated heterocycles. The molecule has 1 heterocycles. The smallest absolute Gasteiger partial charge is 0.338 e. The highest BCUT2D eigenvalue weighted by molar-refractivity contribution is 8.18. The van der Waals surface area contributed by atoms with Crippen molar-refractivity contribution < 1.29 is 19.8 Å². The van der Waals surface area contributed by atoms with E-state index in [9.17, 15) is 19.8 Å². The average molecular weight is 368 g/mol. The lowest BCUT2D eigenvalue weighted by atomic mass is 10.1. The summed E-state index contributed by atoms with van der Waals surface area (Å²) in [5.41, 5.74) is 2.04. The Morgan fingerprint density at radius 1 is 1.23 bits per heavy atom. The number of benzene rings is 2. The van der Waals surface area contributed by atoms with Gasteiger partial charge in [0.1, 0.15) is 5.75 Å². The topological polar surface area (TPSA) is 90.2 Å². The monoisotopic (exact) mass is 368 g/mol. The van der Waals surface area contributed by atoms with E-state index < -0.39 is 5.97 Å². The van der Waals surface area contributed by atoms with Gasteiger partial charge in [-0.1, -0.05) is 29.8 Å². The number of amides is 1. The average Bonchev–Trinajstić information content (AvgIpc) is 2.84. The van der Waals surface area contributed by atoms with E-state index in [2.05, 4.69) is 4.99 Å². The first-order valence-corrected chi connectivity index (χ1v) is 8.56. The van der Waals surface area contributed by atoms with E-state index >= 15 is 0 Å². The van der Waals surface area contributed by atoms with E-state index in [0.717, 1.165) is 17.2 Å². The minimum atomic E-state index is -1.20. The quantitative estimate of drug-likeness (QED) is 0.808. The number of amidine groups is 1. The van der Waals surface area contributed by atoms with Gasteiger partial charge >= 0.3 is 5.97 Å². The fraction of sp³-hybridized carbons (Fsp3) is 0.105. The Balaban J connectivity index is 1.97. The van der Waals surface area contributed by atoms with Crippen LogP contribution in [0.3, 0.4) is 0 Å². The highest BCUT2D eigenvalue weighted by atomic mass is 32.2. The molecule has 2 aromatic rings. The van der Waals surface area contributed by atoms with Crippen LogP contribution in [0.1, 0.15) is 21.5 Å². The van der Waals surface area contributed by atoms with Gasteiger partial charge in [-0.05, 0) is 48.5 Å². The summed E-state index contributed by atoms with van der Waals surface area (Å²) in [6.07, 6.45) is 1.79. The number of phenols is 1. The number of carboxylic acid groups (broad SMARTS) is 1. The molecule has 1 aliphatic heterocycles. The van der Waals surface area contributed by atoms with Crippen LogP contribution < -0.4 is 0 Å². The van der Waals surface area contributed by atoms with Crippen molar-refractivity contribution in [3.05, 3.63) is 64.1 Å². The standard InChI is InChI=1S/C19H16N2O4S/c1-11-4-3-5-12(8-11)9-16-17(23)21(2)19(26-16)20-15-7-6-13(22)10-14(15)18(24)25/h3-10,22H,1-2H3,(H,24,25)/b16-9-,20-19?. The van der Waals surface area contributed by atoms with Crippen molar-refractivity contribution in [3.63, 3.8) is 0 Å². The van der Waals surface area contributed by atoms with E-state index in [4.69, 9.17) is 0 Å². The Morgan fingerprint density at radius 3 is 2.69 bits per heavy atom. The van der Waals surface area contributed by atoms with E-state index in [1.807, 2.05) is 31.2 Å². The van der Waals surface area contributed by atoms with Gasteiger partial charge in [-0.3, -0.25) is 9.69 Å². The Morgan fingerprint density at radius 2 is 2.00 bits per heavy atom. The Bertz CT molecular complexity index is 966. The number of nitrogens with zero attached hydrogens (tertiary/aromatic N) is 2. The van der Waals surface area contributed by atoms with Crippen LogP contribution in [0.2, 0.25) is 0 Å². The third-order valence-electron chi connectivity index (χ3n) is 3.77. The molecular formula is C19H16N2O4S. The third-order valence-corrected chi connectivity index (χ3v) is 4.83. The lowest BCUT2D eigenvalue weighted by molar-refractivity contribution is -0.121. The molecule has 0 saturated carbocycles. The van der Waals surface area contributed by atoms with Crippen molar-refractivity contribution in [2.24, 2.45) is 4.99 Å². The largest absolute Gasteiger partial charge is 0.508 e. The van der Waals surface area contributed by atoms with Crippen LogP contribution >= 0.6 is 11.8 Å². The second-order valence-corrected chi connectivity index (χ2v) is 6.80. The molecule has 26 heavy (non-hydrogen) atoms. The number of aromatic carboxylic acids is 1. The number of aliphatic imine (C=N–C) groups is 1. The maximum atomic E-state index is 12.5. The number of thioether (sulfide) groups is 1. The number of carbonyl (C=O) groups excluding carboxylic acids is 1. The number of phenolic OH excluding ortho intramolecular Hbond substituents is 1. The van der Waals surface area contributed by atoms with E-state index in [-0.39, 0.29) is 22.9 Å². The van der Waals surface area contributed by atoms with Crippen molar-refractivity contribution in [1.29, 1.82) is 0 Å². The summed E-state index contributed by atoms with van der Waals surface area (Å²) >= 11 is 1.18. The number of rotatable bonds is 3. The number of carbonyl (C=O) groups is 2. The van der Waals surface area contributed by atoms with Gasteiger partial charge in [-0.2, -0.15) is 0 Å². The lowest BCUT2D eigenvalue weighted by Crippen LogP contribution is -2.23. The first kappa shape index (κ1) is 17.8. The summed E-state index contributed by atoms with van der Waals surface area (Å²) in [6.45, 7) is 1.98. The van der Waals surface area contributed by atoms with Gasteiger partial charge < -0.3 is 10.2 Å². The van der Waals surface area contributed by atoms with Crippen LogP contribution in [0.4, 0.5) is 5.69 Å². The number of carboxylic acids is 1. The molecule has 0 aromatic heterocycles. The predicted octanol–water partition coefficient (Wildman–Crippen LogP) is 3.63. The molecule has 1 fully saturated rings. The third kappa shape index (κ3) is 3.62. The van der Waals surface area contributed by atoms with E-state index in [0.29, 0.717) is 10.1 Å². The van der Waals surface area contributed by atoms with Crippen molar-refractivity contribution in [2.45, 2.75) is 6.92 Å². The van der Waals surface area contributed by atoms with Crippen LogP contribution in [0.25, 0.3) is 6.08 Å². The molecule has 2 aromatic carbocycles. The molecule has 0 bridgehead atoms. The molecule has 1 aliphatic rings. The highest BCUT2D eigenvalue weighted by Crippen LogP contribution is 2.34. The maximum Gasteiger partial charge on any atom is 0.338 e. The Hall–Kier alpha value is -3.06. The minimum absolute atomic E-state index is 0.130. The zero-order valence-corrected chi connectivity index (χ0v) is 14.9. The summed E-state index contributed by atoms with van der Waals surface area (Å²) in [5.74, 6) is -1.56. The van der Waals surface area contributed by atoms with E-state index in [1.165, 1.54) is 28.8 Å². The summed E-state index contributed by atoms with van der Waals surface area (Å²) in [5, 5.41) is 19.1. The fourth-order valence-corrected chi connectivity index (χ4v) is 3.44. The van der Waals surface area contributed by atoms with Gasteiger partial charge in [-0.25, -0.2) is 9.79 Å². The van der Waals surface area contributed by atoms with Crippen molar-refractivity contribution in [1.82, 2.24) is 4.90 Å². The van der Waals surface area contributed by atoms with Gasteiger partial charge in [0, 0.05) is 7.05 Å². The Kier molecular flexibility index (Phi) is 4.81. The molecule has 3 rings (SSSR count). The maximum absolute atomic E-state index is 12.5. The highest BCUT2D eigenvalue weighted by Gasteiger charge is 2.30. The van der Waals surface area contributed by atoms with Gasteiger partial charge in [0.2, 0.25) is 0 Å². The first-order valence-electron chi connectivity index (χ1n) is 7.74. The zero-order valence-electron chi connectivity index (χ0n) is 14.1. The summed E-state index contributed by atoms with van der Waals surface area (Å²) in [4.78, 5) is 30.0. The molecule has 132 valence electrons. The van der Waals surface area contributed by atoms with E-state index in [1.54, 1.807) is 13.1 Å². The lowest BCUT2D eigenvalue weighted by Gasteiger charge is -2.08. The van der Waals surface area contributed by atoms with Crippen LogP contribution in [0.5, 0.6) is 5.75 Å². The van der Waals surface area contributed by atoms with Crippen molar-refractivity contribution >= 4 is 40.6 Å². The van der Waals surface area contributed by atoms with Crippen molar-refractivity contribution in [3.8, 4) is 5.75 Å². The number of aromatic hydroxyl groups is 1. The molecule has 1 amide bonds. The molecule has 7 heteroatoms. The number of likely N-dealkylation sites (N-methyl/N-ethyl adjacent to an activating group) is 1. The second kappa shape index (κ2) is 7.05. The molecule has 0 unspecified atom stereocenters. The number of hydrogen-bond donors (Lipinski definition) is 2. The summed E-state index contributed by atoms with van der Waals surface area (Å²) < 4.78 is 0. The molecule has 0 spiro atoms. The molecule has 6 nitrogen and oxygen atoms in total. The molecule has 0 aliphatic carbocycles. The molecule has 0 radical (unpaired) electrons. The first-order chi connectivity index (χ1) is 12.3. The van der Waals surface area contributed by atoms with Crippen LogP contribution in [0, 0.1) is 6.92 Å². The van der Waals surface area contributed by atoms with Crippen molar-refractivity contribution in [2.75, 3.05) is 7.05 Å². The number of hydrogen-bond acceptors (Lipinski definition) is 5. The molecular weight excluding hydrogens is 352 g/mol. The van der Waals surface area contributed by atoms with Crippen LogP contribution in [0.15, 0.2) is 52.4 Å². The van der Waals surface area contributed by atoms with Gasteiger partial charge in [0.15, 0.2) is 5.17 Å². The van der Waals surface area contributed by atoms with Crippen LogP contribution in [-0.4, -0.2) is 39.2 Å². The van der Waals surface area contributed by atoms with Crippen LogP contribution in [-0.2, 0) is 4.79 Å². The Labute approximate surface area is 154 Å². The van der Waals surface area contributed by atoms with Gasteiger partial charge in [-0.15, -0.1) is 0 Å². The number of aryl methyl sites for hydroxylation is 1. The summed E-state index contributed by atoms with van der Waals surface area (Å²) in [6, 6.07) is 11.7. The summed E-state index contributed by atoms with van der Waals surface area (Å²) in [7, 11) is 1.59. The minimum Gasteiger partial charge on any atom is -0.508 e. The second-order valence-electron chi connectivity index (χ2n) is 5.79. The normalized spacial score (nSPS) is 17.3. The predicted molar refractivity (Wildman–Crippen MR) is 102 cm³/mol. The van der Waals surface area contributed by atoms with Gasteiger partial charge in [0.25, 0.3) is 5.91 Å². The van der Waals surface area contributed by atoms with Gasteiger partial charge in [0.05, 0.1) is 16.2 Å². The molecule has 0 atom stereocenters. The SMILES string of the molecule is Cc1cccc(/C=C2\SC(=Nc3ccc(O)cc3C(=O)O)N(C)C2=O)c1. The fourth-order valence-electron chi connectivity index (χ4n) is 2.46. The molecule has 2 N–H and O–H groups in total. The zero-order chi connectivity index (χ0) is 18.8.